The second kappa shape index (κ2) is 11.4. The maximum atomic E-state index is 12.2. The number of amides is 1. The van der Waals surface area contributed by atoms with Crippen LogP contribution in [0, 0.1) is 0 Å². The highest BCUT2D eigenvalue weighted by Gasteiger charge is 2.16. The average molecular weight is 390 g/mol. The number of hydrogen-bond acceptors (Lipinski definition) is 5. The lowest BCUT2D eigenvalue weighted by Crippen LogP contribution is -2.29. The van der Waals surface area contributed by atoms with Crippen molar-refractivity contribution in [3.63, 3.8) is 0 Å². The molecule has 0 radical (unpaired) electrons. The first-order valence-electron chi connectivity index (χ1n) is 9.19. The van der Waals surface area contributed by atoms with E-state index in [4.69, 9.17) is 14.2 Å². The van der Waals surface area contributed by atoms with E-state index < -0.39 is 0 Å². The number of rotatable bonds is 10. The van der Waals surface area contributed by atoms with Crippen molar-refractivity contribution in [1.82, 2.24) is 4.31 Å². The van der Waals surface area contributed by atoms with Gasteiger partial charge in [-0.2, -0.15) is 0 Å². The Labute approximate surface area is 165 Å². The van der Waals surface area contributed by atoms with Crippen LogP contribution >= 0.6 is 11.9 Å². The van der Waals surface area contributed by atoms with Gasteiger partial charge in [0.1, 0.15) is 18.1 Å². The third kappa shape index (κ3) is 7.43. The molecule has 0 aromatic heterocycles. The fraction of sp³-hybridized carbons (Fsp3) is 0.381. The molecule has 27 heavy (non-hydrogen) atoms. The first-order chi connectivity index (χ1) is 13.1. The highest BCUT2D eigenvalue weighted by atomic mass is 32.2. The van der Waals surface area contributed by atoms with E-state index in [0.29, 0.717) is 19.8 Å². The fourth-order valence-corrected chi connectivity index (χ4v) is 2.98. The predicted octanol–water partition coefficient (Wildman–Crippen LogP) is 5.41. The van der Waals surface area contributed by atoms with E-state index in [-0.39, 0.29) is 12.2 Å². The number of carbonyl (C=O) groups excluding carboxylic acids is 1. The molecule has 0 aliphatic carbocycles. The number of carbonyl (C=O) groups is 1. The van der Waals surface area contributed by atoms with Gasteiger partial charge in [-0.05, 0) is 68.6 Å². The summed E-state index contributed by atoms with van der Waals surface area (Å²) in [6, 6.07) is 17.2. The summed E-state index contributed by atoms with van der Waals surface area (Å²) in [5.41, 5.74) is 0. The lowest BCUT2D eigenvalue weighted by molar-refractivity contribution is 0.129. The molecule has 0 N–H and O–H groups in total. The third-order valence-corrected chi connectivity index (χ3v) is 4.76. The Kier molecular flexibility index (Phi) is 8.84. The molecular weight excluding hydrogens is 362 g/mol. The van der Waals surface area contributed by atoms with E-state index in [2.05, 4.69) is 6.92 Å². The molecule has 2 rings (SSSR count). The van der Waals surface area contributed by atoms with Crippen molar-refractivity contribution < 1.29 is 19.0 Å². The SMILES string of the molecule is CCOC(=O)N(CCOc1ccc(OC(C)CC)cc1)Sc1ccccc1. The molecule has 0 aliphatic heterocycles. The van der Waals surface area contributed by atoms with Gasteiger partial charge in [-0.1, -0.05) is 25.1 Å². The van der Waals surface area contributed by atoms with Gasteiger partial charge in [0, 0.05) is 4.90 Å². The molecule has 1 atom stereocenters. The van der Waals surface area contributed by atoms with Crippen molar-refractivity contribution >= 4 is 18.0 Å². The van der Waals surface area contributed by atoms with Crippen molar-refractivity contribution in [3.05, 3.63) is 54.6 Å². The van der Waals surface area contributed by atoms with E-state index in [1.54, 1.807) is 11.2 Å². The van der Waals surface area contributed by atoms with E-state index in [9.17, 15) is 4.79 Å². The van der Waals surface area contributed by atoms with Crippen LogP contribution in [0.4, 0.5) is 4.79 Å². The van der Waals surface area contributed by atoms with Crippen LogP contribution in [0.25, 0.3) is 0 Å². The van der Waals surface area contributed by atoms with E-state index in [1.165, 1.54) is 11.9 Å². The third-order valence-electron chi connectivity index (χ3n) is 3.73. The summed E-state index contributed by atoms with van der Waals surface area (Å²) in [5.74, 6) is 1.56. The smallest absolute Gasteiger partial charge is 0.420 e. The molecule has 0 saturated heterocycles. The molecule has 1 amide bonds. The van der Waals surface area contributed by atoms with Crippen molar-refractivity contribution in [2.24, 2.45) is 0 Å². The number of benzene rings is 2. The van der Waals surface area contributed by atoms with E-state index in [1.807, 2.05) is 61.5 Å². The lowest BCUT2D eigenvalue weighted by Gasteiger charge is -2.20. The Hall–Kier alpha value is -2.34. The zero-order chi connectivity index (χ0) is 19.5. The molecule has 0 aliphatic rings. The summed E-state index contributed by atoms with van der Waals surface area (Å²) in [7, 11) is 0. The van der Waals surface area contributed by atoms with Gasteiger partial charge < -0.3 is 14.2 Å². The van der Waals surface area contributed by atoms with Crippen LogP contribution in [0.1, 0.15) is 27.2 Å². The van der Waals surface area contributed by atoms with Crippen LogP contribution in [0.15, 0.2) is 59.5 Å². The van der Waals surface area contributed by atoms with Crippen LogP contribution in [0.2, 0.25) is 0 Å². The molecule has 6 heteroatoms. The molecule has 146 valence electrons. The minimum absolute atomic E-state index is 0.185. The first-order valence-corrected chi connectivity index (χ1v) is 9.96. The van der Waals surface area contributed by atoms with E-state index >= 15 is 0 Å². The molecule has 2 aromatic rings. The Balaban J connectivity index is 1.87. The molecule has 5 nitrogen and oxygen atoms in total. The van der Waals surface area contributed by atoms with Gasteiger partial charge in [0.15, 0.2) is 0 Å². The van der Waals surface area contributed by atoms with Crippen molar-refractivity contribution in [1.29, 1.82) is 0 Å². The van der Waals surface area contributed by atoms with Crippen molar-refractivity contribution in [2.75, 3.05) is 19.8 Å². The second-order valence-corrected chi connectivity index (χ2v) is 6.96. The van der Waals surface area contributed by atoms with Crippen LogP contribution < -0.4 is 9.47 Å². The molecule has 0 heterocycles. The van der Waals surface area contributed by atoms with Gasteiger partial charge in [0.25, 0.3) is 0 Å². The largest absolute Gasteiger partial charge is 0.492 e. The van der Waals surface area contributed by atoms with Crippen LogP contribution in [-0.2, 0) is 4.74 Å². The van der Waals surface area contributed by atoms with Crippen LogP contribution in [0.3, 0.4) is 0 Å². The zero-order valence-electron chi connectivity index (χ0n) is 16.1. The van der Waals surface area contributed by atoms with Crippen molar-refractivity contribution in [2.45, 2.75) is 38.2 Å². The molecular formula is C21H27NO4S. The van der Waals surface area contributed by atoms with Gasteiger partial charge in [-0.25, -0.2) is 9.10 Å². The molecule has 1 unspecified atom stereocenters. The normalized spacial score (nSPS) is 11.5. The highest BCUT2D eigenvalue weighted by Crippen LogP contribution is 2.23. The van der Waals surface area contributed by atoms with Gasteiger partial charge in [-0.3, -0.25) is 0 Å². The summed E-state index contributed by atoms with van der Waals surface area (Å²) in [4.78, 5) is 13.1. The second-order valence-electron chi connectivity index (χ2n) is 5.86. The molecule has 0 spiro atoms. The molecule has 2 aromatic carbocycles. The van der Waals surface area contributed by atoms with Gasteiger partial charge in [0.05, 0.1) is 19.3 Å². The van der Waals surface area contributed by atoms with Gasteiger partial charge in [-0.15, -0.1) is 0 Å². The minimum Gasteiger partial charge on any atom is -0.492 e. The highest BCUT2D eigenvalue weighted by molar-refractivity contribution is 7.97. The Bertz CT molecular complexity index is 678. The summed E-state index contributed by atoms with van der Waals surface area (Å²) in [6.07, 6.45) is 0.776. The summed E-state index contributed by atoms with van der Waals surface area (Å²) in [6.45, 7) is 7.03. The number of ether oxygens (including phenoxy) is 3. The average Bonchev–Trinajstić information content (AvgIpc) is 2.69. The maximum absolute atomic E-state index is 12.2. The molecule has 0 fully saturated rings. The molecule has 0 saturated carbocycles. The van der Waals surface area contributed by atoms with Crippen molar-refractivity contribution in [3.8, 4) is 11.5 Å². The van der Waals surface area contributed by atoms with Crippen LogP contribution in [0.5, 0.6) is 11.5 Å². The summed E-state index contributed by atoms with van der Waals surface area (Å²) < 4.78 is 18.2. The monoisotopic (exact) mass is 389 g/mol. The van der Waals surface area contributed by atoms with Gasteiger partial charge in [0.2, 0.25) is 0 Å². The Morgan fingerprint density at radius 2 is 1.70 bits per heavy atom. The lowest BCUT2D eigenvalue weighted by atomic mass is 10.3. The standard InChI is InChI=1S/C21H27NO4S/c1-4-17(3)26-19-13-11-18(12-14-19)25-16-15-22(21(23)24-5-2)27-20-9-7-6-8-10-20/h6-14,17H,4-5,15-16H2,1-3H3. The molecule has 0 bridgehead atoms. The minimum atomic E-state index is -0.368. The summed E-state index contributed by atoms with van der Waals surface area (Å²) >= 11 is 1.34. The van der Waals surface area contributed by atoms with Crippen LogP contribution in [-0.4, -0.2) is 36.3 Å². The predicted molar refractivity (Wildman–Crippen MR) is 108 cm³/mol. The fourth-order valence-electron chi connectivity index (χ4n) is 2.15. The van der Waals surface area contributed by atoms with Gasteiger partial charge >= 0.3 is 6.09 Å². The topological polar surface area (TPSA) is 48.0 Å². The Morgan fingerprint density at radius 1 is 1.04 bits per heavy atom. The quantitative estimate of drug-likeness (QED) is 0.509. The Morgan fingerprint density at radius 3 is 2.33 bits per heavy atom. The van der Waals surface area contributed by atoms with E-state index in [0.717, 1.165) is 22.8 Å². The summed E-state index contributed by atoms with van der Waals surface area (Å²) in [5, 5.41) is 0. The zero-order valence-corrected chi connectivity index (χ0v) is 16.9. The first kappa shape index (κ1) is 21.0. The maximum Gasteiger partial charge on any atom is 0.420 e. The number of nitrogens with zero attached hydrogens (tertiary/aromatic N) is 1. The number of hydrogen-bond donors (Lipinski definition) is 0.